The molecule has 3 rings (SSSR count). The van der Waals surface area contributed by atoms with E-state index in [1.54, 1.807) is 0 Å². The van der Waals surface area contributed by atoms with E-state index in [1.165, 1.54) is 6.42 Å². The molecule has 0 saturated carbocycles. The fourth-order valence-electron chi connectivity index (χ4n) is 2.54. The minimum Gasteiger partial charge on any atom is -0.390 e. The Labute approximate surface area is 111 Å². The number of aliphatic hydroxyl groups is 1. The van der Waals surface area contributed by atoms with Gasteiger partial charge in [-0.15, -0.1) is 0 Å². The third-order valence-electron chi connectivity index (χ3n) is 3.45. The molecule has 0 aliphatic carbocycles. The van der Waals surface area contributed by atoms with Crippen LogP contribution >= 0.6 is 11.6 Å². The summed E-state index contributed by atoms with van der Waals surface area (Å²) in [6, 6.07) is 7.62. The number of hydrogen-bond acceptors (Lipinski definition) is 2. The van der Waals surface area contributed by atoms with E-state index < -0.39 is 0 Å². The first kappa shape index (κ1) is 11.8. The summed E-state index contributed by atoms with van der Waals surface area (Å²) in [5, 5.41) is 10.3. The molecule has 0 amide bonds. The lowest BCUT2D eigenvalue weighted by Crippen LogP contribution is -2.12. The SMILES string of the molecule is OCc1c(-c2ccc(Cl)cc2)nc2n1CCCC2. The summed E-state index contributed by atoms with van der Waals surface area (Å²) in [4.78, 5) is 4.68. The quantitative estimate of drug-likeness (QED) is 0.903. The minimum atomic E-state index is 0.0327. The molecular formula is C14H15ClN2O. The maximum Gasteiger partial charge on any atom is 0.109 e. The molecule has 4 heteroatoms. The van der Waals surface area contributed by atoms with E-state index in [-0.39, 0.29) is 6.61 Å². The van der Waals surface area contributed by atoms with Crippen molar-refractivity contribution >= 4 is 11.6 Å². The van der Waals surface area contributed by atoms with Crippen LogP contribution in [0.25, 0.3) is 11.3 Å². The number of aromatic nitrogens is 2. The van der Waals surface area contributed by atoms with Crippen molar-refractivity contribution in [2.24, 2.45) is 0 Å². The van der Waals surface area contributed by atoms with Gasteiger partial charge in [0.05, 0.1) is 18.0 Å². The van der Waals surface area contributed by atoms with Crippen molar-refractivity contribution in [1.29, 1.82) is 0 Å². The molecule has 3 nitrogen and oxygen atoms in total. The van der Waals surface area contributed by atoms with Crippen molar-refractivity contribution in [2.75, 3.05) is 0 Å². The number of fused-ring (bicyclic) bond motifs is 1. The van der Waals surface area contributed by atoms with E-state index in [1.807, 2.05) is 24.3 Å². The van der Waals surface area contributed by atoms with E-state index >= 15 is 0 Å². The van der Waals surface area contributed by atoms with Crippen molar-refractivity contribution in [3.8, 4) is 11.3 Å². The number of benzene rings is 1. The van der Waals surface area contributed by atoms with Crippen LogP contribution in [0.2, 0.25) is 5.02 Å². The second-order valence-corrected chi connectivity index (χ2v) is 5.03. The number of aliphatic hydroxyl groups excluding tert-OH is 1. The molecule has 18 heavy (non-hydrogen) atoms. The second-order valence-electron chi connectivity index (χ2n) is 4.60. The smallest absolute Gasteiger partial charge is 0.109 e. The van der Waals surface area contributed by atoms with Crippen molar-refractivity contribution in [3.05, 3.63) is 40.8 Å². The number of rotatable bonds is 2. The van der Waals surface area contributed by atoms with Gasteiger partial charge in [0.15, 0.2) is 0 Å². The fourth-order valence-corrected chi connectivity index (χ4v) is 2.67. The standard InChI is InChI=1S/C14H15ClN2O/c15-11-6-4-10(5-7-11)14-12(9-18)17-8-2-1-3-13(17)16-14/h4-7,18H,1-3,8-9H2. The Bertz CT molecular complexity index is 560. The first-order valence-corrected chi connectivity index (χ1v) is 6.62. The summed E-state index contributed by atoms with van der Waals surface area (Å²) in [7, 11) is 0. The third-order valence-corrected chi connectivity index (χ3v) is 3.70. The first-order chi connectivity index (χ1) is 8.79. The first-order valence-electron chi connectivity index (χ1n) is 6.24. The molecule has 0 radical (unpaired) electrons. The number of imidazole rings is 1. The number of hydrogen-bond donors (Lipinski definition) is 1. The highest BCUT2D eigenvalue weighted by atomic mass is 35.5. The average Bonchev–Trinajstić information content (AvgIpc) is 2.78. The van der Waals surface area contributed by atoms with Gasteiger partial charge in [-0.05, 0) is 25.0 Å². The van der Waals surface area contributed by atoms with E-state index in [4.69, 9.17) is 11.6 Å². The van der Waals surface area contributed by atoms with Gasteiger partial charge < -0.3 is 9.67 Å². The fraction of sp³-hybridized carbons (Fsp3) is 0.357. The van der Waals surface area contributed by atoms with Gasteiger partial charge in [0.25, 0.3) is 0 Å². The predicted octanol–water partition coefficient (Wildman–Crippen LogP) is 3.03. The minimum absolute atomic E-state index is 0.0327. The molecule has 0 bridgehead atoms. The zero-order valence-electron chi connectivity index (χ0n) is 10.1. The highest BCUT2D eigenvalue weighted by Gasteiger charge is 2.19. The highest BCUT2D eigenvalue weighted by molar-refractivity contribution is 6.30. The van der Waals surface area contributed by atoms with Crippen molar-refractivity contribution in [3.63, 3.8) is 0 Å². The zero-order chi connectivity index (χ0) is 12.5. The predicted molar refractivity (Wildman–Crippen MR) is 71.5 cm³/mol. The monoisotopic (exact) mass is 262 g/mol. The van der Waals surface area contributed by atoms with Gasteiger partial charge in [0.2, 0.25) is 0 Å². The summed E-state index contributed by atoms with van der Waals surface area (Å²) in [5.41, 5.74) is 2.84. The highest BCUT2D eigenvalue weighted by Crippen LogP contribution is 2.28. The van der Waals surface area contributed by atoms with Gasteiger partial charge in [-0.25, -0.2) is 4.98 Å². The van der Waals surface area contributed by atoms with Crippen LogP contribution in [0.1, 0.15) is 24.4 Å². The van der Waals surface area contributed by atoms with Crippen molar-refractivity contribution in [2.45, 2.75) is 32.4 Å². The van der Waals surface area contributed by atoms with Crippen molar-refractivity contribution in [1.82, 2.24) is 9.55 Å². The molecule has 1 aromatic heterocycles. The van der Waals surface area contributed by atoms with Crippen LogP contribution in [0, 0.1) is 0 Å². The van der Waals surface area contributed by atoms with Gasteiger partial charge in [-0.2, -0.15) is 0 Å². The van der Waals surface area contributed by atoms with Crippen LogP contribution in [0.15, 0.2) is 24.3 Å². The Hall–Kier alpha value is -1.32. The lowest BCUT2D eigenvalue weighted by Gasteiger charge is -2.15. The van der Waals surface area contributed by atoms with Crippen LogP contribution in [0.3, 0.4) is 0 Å². The van der Waals surface area contributed by atoms with Gasteiger partial charge in [0, 0.05) is 23.6 Å². The Kier molecular flexibility index (Phi) is 3.10. The molecule has 1 N–H and O–H groups in total. The summed E-state index contributed by atoms with van der Waals surface area (Å²) in [6.45, 7) is 0.997. The number of halogens is 1. The topological polar surface area (TPSA) is 38.1 Å². The summed E-state index contributed by atoms with van der Waals surface area (Å²) in [6.07, 6.45) is 3.35. The normalized spacial score (nSPS) is 14.6. The molecule has 1 aliphatic heterocycles. The largest absolute Gasteiger partial charge is 0.390 e. The summed E-state index contributed by atoms with van der Waals surface area (Å²) >= 11 is 5.90. The molecular weight excluding hydrogens is 248 g/mol. The van der Waals surface area contributed by atoms with Crippen LogP contribution in [0.5, 0.6) is 0 Å². The van der Waals surface area contributed by atoms with E-state index in [9.17, 15) is 5.11 Å². The lowest BCUT2D eigenvalue weighted by molar-refractivity contribution is 0.268. The van der Waals surface area contributed by atoms with Crippen LogP contribution in [0.4, 0.5) is 0 Å². The van der Waals surface area contributed by atoms with E-state index in [2.05, 4.69) is 9.55 Å². The third kappa shape index (κ3) is 1.93. The molecule has 0 fully saturated rings. The maximum atomic E-state index is 9.59. The Morgan fingerprint density at radius 3 is 2.72 bits per heavy atom. The molecule has 0 unspecified atom stereocenters. The van der Waals surface area contributed by atoms with Gasteiger partial charge in [-0.1, -0.05) is 23.7 Å². The van der Waals surface area contributed by atoms with Crippen LogP contribution in [-0.2, 0) is 19.6 Å². The van der Waals surface area contributed by atoms with Gasteiger partial charge in [0.1, 0.15) is 5.82 Å². The zero-order valence-corrected chi connectivity index (χ0v) is 10.8. The summed E-state index contributed by atoms with van der Waals surface area (Å²) in [5.74, 6) is 1.09. The molecule has 1 aromatic carbocycles. The lowest BCUT2D eigenvalue weighted by atomic mass is 10.1. The second kappa shape index (κ2) is 4.75. The Morgan fingerprint density at radius 2 is 2.00 bits per heavy atom. The average molecular weight is 263 g/mol. The molecule has 2 aromatic rings. The number of aryl methyl sites for hydroxylation is 1. The Balaban J connectivity index is 2.11. The van der Waals surface area contributed by atoms with Crippen LogP contribution in [-0.4, -0.2) is 14.7 Å². The van der Waals surface area contributed by atoms with Gasteiger partial charge in [-0.3, -0.25) is 0 Å². The van der Waals surface area contributed by atoms with Crippen molar-refractivity contribution < 1.29 is 5.11 Å². The van der Waals surface area contributed by atoms with Crippen LogP contribution < -0.4 is 0 Å². The molecule has 2 heterocycles. The number of nitrogens with zero attached hydrogens (tertiary/aromatic N) is 2. The molecule has 94 valence electrons. The molecule has 0 saturated heterocycles. The Morgan fingerprint density at radius 1 is 1.22 bits per heavy atom. The summed E-state index contributed by atoms with van der Waals surface area (Å²) < 4.78 is 2.16. The van der Waals surface area contributed by atoms with E-state index in [0.29, 0.717) is 5.02 Å². The molecule has 0 atom stereocenters. The van der Waals surface area contributed by atoms with Gasteiger partial charge >= 0.3 is 0 Å². The molecule has 0 spiro atoms. The maximum absolute atomic E-state index is 9.59. The molecule has 1 aliphatic rings. The van der Waals surface area contributed by atoms with E-state index in [0.717, 1.165) is 42.2 Å².